The molecule has 0 aliphatic heterocycles. The van der Waals surface area contributed by atoms with E-state index in [2.05, 4.69) is 46.7 Å². The van der Waals surface area contributed by atoms with Gasteiger partial charge in [-0.25, -0.2) is 0 Å². The van der Waals surface area contributed by atoms with Gasteiger partial charge in [0.2, 0.25) is 0 Å². The van der Waals surface area contributed by atoms with E-state index in [1.165, 1.54) is 24.0 Å². The molecule has 18 heavy (non-hydrogen) atoms. The summed E-state index contributed by atoms with van der Waals surface area (Å²) < 4.78 is 0. The minimum absolute atomic E-state index is 0.480. The Bertz CT molecular complexity index is 483. The Kier molecular flexibility index (Phi) is 3.15. The molecule has 1 atom stereocenters. The number of H-pyrrole nitrogens is 1. The summed E-state index contributed by atoms with van der Waals surface area (Å²) in [7, 11) is 0. The van der Waals surface area contributed by atoms with Crippen LogP contribution in [-0.2, 0) is 6.54 Å². The van der Waals surface area contributed by atoms with E-state index >= 15 is 0 Å². The Morgan fingerprint density at radius 2 is 2.06 bits per heavy atom. The lowest BCUT2D eigenvalue weighted by Crippen LogP contribution is -2.22. The lowest BCUT2D eigenvalue weighted by Gasteiger charge is -2.18. The normalized spacial score (nSPS) is 16.7. The molecular formula is C15H19N3. The van der Waals surface area contributed by atoms with Crippen LogP contribution in [0, 0.1) is 12.8 Å². The number of aromatic amines is 1. The Hall–Kier alpha value is -1.61. The summed E-state index contributed by atoms with van der Waals surface area (Å²) in [6.45, 7) is 2.99. The van der Waals surface area contributed by atoms with Crippen LogP contribution in [-0.4, -0.2) is 10.2 Å². The zero-order valence-electron chi connectivity index (χ0n) is 10.7. The number of hydrogen-bond acceptors (Lipinski definition) is 2. The Labute approximate surface area is 108 Å². The lowest BCUT2D eigenvalue weighted by atomic mass is 10.0. The van der Waals surface area contributed by atoms with Crippen LogP contribution in [0.1, 0.15) is 35.7 Å². The molecule has 3 heteroatoms. The van der Waals surface area contributed by atoms with Crippen LogP contribution in [0.5, 0.6) is 0 Å². The number of hydrogen-bond donors (Lipinski definition) is 2. The smallest absolute Gasteiger partial charge is 0.0490 e. The number of benzene rings is 1. The molecule has 0 radical (unpaired) electrons. The van der Waals surface area contributed by atoms with E-state index in [0.29, 0.717) is 6.04 Å². The molecule has 1 unspecified atom stereocenters. The summed E-state index contributed by atoms with van der Waals surface area (Å²) >= 11 is 0. The molecule has 0 saturated heterocycles. The van der Waals surface area contributed by atoms with Crippen LogP contribution in [0.25, 0.3) is 0 Å². The molecule has 2 N–H and O–H groups in total. The summed E-state index contributed by atoms with van der Waals surface area (Å²) in [5.74, 6) is 0.802. The number of aryl methyl sites for hydroxylation is 1. The monoisotopic (exact) mass is 241 g/mol. The summed E-state index contributed by atoms with van der Waals surface area (Å²) in [6, 6.07) is 11.4. The van der Waals surface area contributed by atoms with Gasteiger partial charge in [-0.1, -0.05) is 29.8 Å². The van der Waals surface area contributed by atoms with Crippen molar-refractivity contribution in [3.05, 3.63) is 53.3 Å². The topological polar surface area (TPSA) is 40.7 Å². The first-order chi connectivity index (χ1) is 8.83. The molecule has 1 heterocycles. The maximum Gasteiger partial charge on any atom is 0.0490 e. The van der Waals surface area contributed by atoms with Gasteiger partial charge in [-0.2, -0.15) is 5.10 Å². The molecule has 1 fully saturated rings. The Morgan fingerprint density at radius 1 is 1.28 bits per heavy atom. The van der Waals surface area contributed by atoms with Crippen LogP contribution in [0.2, 0.25) is 0 Å². The molecule has 3 rings (SSSR count). The molecule has 1 aromatic heterocycles. The van der Waals surface area contributed by atoms with Gasteiger partial charge in [0, 0.05) is 24.5 Å². The SMILES string of the molecule is Cc1ccc(C(NCc2ccn[nH]2)C2CC2)cc1. The second-order valence-electron chi connectivity index (χ2n) is 5.19. The van der Waals surface area contributed by atoms with Gasteiger partial charge < -0.3 is 5.32 Å². The van der Waals surface area contributed by atoms with Gasteiger partial charge in [-0.3, -0.25) is 5.10 Å². The molecule has 2 aromatic rings. The van der Waals surface area contributed by atoms with Crippen molar-refractivity contribution in [3.8, 4) is 0 Å². The summed E-state index contributed by atoms with van der Waals surface area (Å²) in [5.41, 5.74) is 3.87. The van der Waals surface area contributed by atoms with Crippen molar-refractivity contribution in [1.29, 1.82) is 0 Å². The van der Waals surface area contributed by atoms with Crippen LogP contribution in [0.4, 0.5) is 0 Å². The molecule has 3 nitrogen and oxygen atoms in total. The van der Waals surface area contributed by atoms with E-state index in [9.17, 15) is 0 Å². The number of rotatable bonds is 5. The predicted molar refractivity (Wildman–Crippen MR) is 72.1 cm³/mol. The van der Waals surface area contributed by atoms with Crippen LogP contribution in [0.3, 0.4) is 0 Å². The fourth-order valence-electron chi connectivity index (χ4n) is 2.36. The minimum Gasteiger partial charge on any atom is -0.304 e. The lowest BCUT2D eigenvalue weighted by molar-refractivity contribution is 0.476. The maximum absolute atomic E-state index is 3.98. The third kappa shape index (κ3) is 2.62. The second-order valence-corrected chi connectivity index (χ2v) is 5.19. The third-order valence-electron chi connectivity index (χ3n) is 3.60. The first-order valence-corrected chi connectivity index (χ1v) is 6.61. The molecule has 1 saturated carbocycles. The van der Waals surface area contributed by atoms with Crippen LogP contribution in [0.15, 0.2) is 36.5 Å². The number of nitrogens with one attached hydrogen (secondary N) is 2. The Balaban J connectivity index is 1.70. The second kappa shape index (κ2) is 4.94. The van der Waals surface area contributed by atoms with E-state index in [4.69, 9.17) is 0 Å². The number of nitrogens with zero attached hydrogens (tertiary/aromatic N) is 1. The predicted octanol–water partition coefficient (Wildman–Crippen LogP) is 2.96. The van der Waals surface area contributed by atoms with E-state index in [1.54, 1.807) is 6.20 Å². The average molecular weight is 241 g/mol. The summed E-state index contributed by atoms with van der Waals surface area (Å²) in [6.07, 6.45) is 4.48. The molecule has 94 valence electrons. The van der Waals surface area contributed by atoms with Crippen molar-refractivity contribution in [2.75, 3.05) is 0 Å². The molecular weight excluding hydrogens is 222 g/mol. The van der Waals surface area contributed by atoms with Crippen molar-refractivity contribution in [2.45, 2.75) is 32.4 Å². The first-order valence-electron chi connectivity index (χ1n) is 6.61. The van der Waals surface area contributed by atoms with Gasteiger partial charge in [0.25, 0.3) is 0 Å². The van der Waals surface area contributed by atoms with E-state index in [0.717, 1.165) is 18.2 Å². The van der Waals surface area contributed by atoms with Crippen molar-refractivity contribution in [1.82, 2.24) is 15.5 Å². The average Bonchev–Trinajstić information content (AvgIpc) is 3.08. The molecule has 1 aromatic carbocycles. The van der Waals surface area contributed by atoms with E-state index in [-0.39, 0.29) is 0 Å². The van der Waals surface area contributed by atoms with Crippen molar-refractivity contribution < 1.29 is 0 Å². The molecule has 0 amide bonds. The van der Waals surface area contributed by atoms with Crippen molar-refractivity contribution in [2.24, 2.45) is 5.92 Å². The summed E-state index contributed by atoms with van der Waals surface area (Å²) in [4.78, 5) is 0. The largest absolute Gasteiger partial charge is 0.304 e. The van der Waals surface area contributed by atoms with Gasteiger partial charge in [0.05, 0.1) is 0 Å². The van der Waals surface area contributed by atoms with Gasteiger partial charge in [0.1, 0.15) is 0 Å². The fourth-order valence-corrected chi connectivity index (χ4v) is 2.36. The highest BCUT2D eigenvalue weighted by atomic mass is 15.1. The highest BCUT2D eigenvalue weighted by Crippen LogP contribution is 2.41. The molecule has 1 aliphatic rings. The molecule has 0 spiro atoms. The van der Waals surface area contributed by atoms with Crippen molar-refractivity contribution in [3.63, 3.8) is 0 Å². The standard InChI is InChI=1S/C15H19N3/c1-11-2-4-12(5-3-11)15(13-6-7-13)16-10-14-8-9-17-18-14/h2-5,8-9,13,15-16H,6-7,10H2,1H3,(H,17,18). The van der Waals surface area contributed by atoms with E-state index < -0.39 is 0 Å². The first kappa shape index (κ1) is 11.5. The number of aromatic nitrogens is 2. The highest BCUT2D eigenvalue weighted by molar-refractivity contribution is 5.25. The van der Waals surface area contributed by atoms with Gasteiger partial charge in [0.15, 0.2) is 0 Å². The minimum atomic E-state index is 0.480. The maximum atomic E-state index is 3.98. The highest BCUT2D eigenvalue weighted by Gasteiger charge is 2.31. The molecule has 1 aliphatic carbocycles. The zero-order valence-corrected chi connectivity index (χ0v) is 10.7. The van der Waals surface area contributed by atoms with Crippen LogP contribution >= 0.6 is 0 Å². The van der Waals surface area contributed by atoms with Crippen molar-refractivity contribution >= 4 is 0 Å². The third-order valence-corrected chi connectivity index (χ3v) is 3.60. The van der Waals surface area contributed by atoms with Gasteiger partial charge >= 0.3 is 0 Å². The summed E-state index contributed by atoms with van der Waals surface area (Å²) in [5, 5.41) is 10.6. The Morgan fingerprint density at radius 3 is 2.67 bits per heavy atom. The van der Waals surface area contributed by atoms with Gasteiger partial charge in [-0.15, -0.1) is 0 Å². The zero-order chi connectivity index (χ0) is 12.4. The molecule has 0 bridgehead atoms. The quantitative estimate of drug-likeness (QED) is 0.845. The fraction of sp³-hybridized carbons (Fsp3) is 0.400. The van der Waals surface area contributed by atoms with Crippen LogP contribution < -0.4 is 5.32 Å². The van der Waals surface area contributed by atoms with Gasteiger partial charge in [-0.05, 0) is 37.3 Å². The van der Waals surface area contributed by atoms with E-state index in [1.807, 2.05) is 6.07 Å².